The van der Waals surface area contributed by atoms with Crippen molar-refractivity contribution in [2.24, 2.45) is 0 Å². The van der Waals surface area contributed by atoms with Crippen LogP contribution in [0.3, 0.4) is 0 Å². The first-order chi connectivity index (χ1) is 15.5. The van der Waals surface area contributed by atoms with Crippen LogP contribution in [0.1, 0.15) is 56.6 Å². The molecule has 170 valence electrons. The Labute approximate surface area is 188 Å². The second kappa shape index (κ2) is 10.8. The van der Waals surface area contributed by atoms with Gasteiger partial charge >= 0.3 is 12.1 Å². The van der Waals surface area contributed by atoms with Gasteiger partial charge in [0.05, 0.1) is 0 Å². The number of benzene rings is 2. The molecule has 2 aromatic carbocycles. The summed E-state index contributed by atoms with van der Waals surface area (Å²) in [5.41, 5.74) is 4.48. The van der Waals surface area contributed by atoms with Gasteiger partial charge in [-0.05, 0) is 35.1 Å². The Morgan fingerprint density at radius 1 is 0.938 bits per heavy atom. The molecular formula is C25H30N2O5. The number of unbranched alkanes of at least 4 members (excludes halogenated alkanes) is 1. The first kappa shape index (κ1) is 23.3. The highest BCUT2D eigenvalue weighted by molar-refractivity contribution is 5.89. The fourth-order valence-electron chi connectivity index (χ4n) is 4.07. The Hall–Kier alpha value is -3.35. The van der Waals surface area contributed by atoms with E-state index in [-0.39, 0.29) is 18.9 Å². The minimum Gasteiger partial charge on any atom is -0.480 e. The lowest BCUT2D eigenvalue weighted by Crippen LogP contribution is -2.51. The number of aliphatic carboxylic acids is 1. The molecule has 7 heteroatoms. The van der Waals surface area contributed by atoms with Crippen molar-refractivity contribution in [1.29, 1.82) is 0 Å². The van der Waals surface area contributed by atoms with Crippen LogP contribution in [0.15, 0.2) is 48.5 Å². The molecule has 0 aliphatic heterocycles. The van der Waals surface area contributed by atoms with Gasteiger partial charge in [0.15, 0.2) is 0 Å². The zero-order chi connectivity index (χ0) is 23.1. The molecule has 0 radical (unpaired) electrons. The summed E-state index contributed by atoms with van der Waals surface area (Å²) < 4.78 is 5.53. The van der Waals surface area contributed by atoms with Crippen molar-refractivity contribution in [3.05, 3.63) is 59.7 Å². The highest BCUT2D eigenvalue weighted by atomic mass is 16.5. The van der Waals surface area contributed by atoms with Crippen LogP contribution in [-0.2, 0) is 14.3 Å². The van der Waals surface area contributed by atoms with E-state index in [1.54, 1.807) is 6.92 Å². The molecule has 32 heavy (non-hydrogen) atoms. The zero-order valence-electron chi connectivity index (χ0n) is 18.5. The van der Waals surface area contributed by atoms with Gasteiger partial charge in [-0.3, -0.25) is 4.79 Å². The summed E-state index contributed by atoms with van der Waals surface area (Å²) in [6.07, 6.45) is 1.53. The first-order valence-corrected chi connectivity index (χ1v) is 11.1. The normalized spacial score (nSPS) is 14.1. The third kappa shape index (κ3) is 5.28. The number of fused-ring (bicyclic) bond motifs is 3. The van der Waals surface area contributed by atoms with Crippen LogP contribution in [0.2, 0.25) is 0 Å². The van der Waals surface area contributed by atoms with Crippen LogP contribution < -0.4 is 10.6 Å². The fraction of sp³-hybridized carbons (Fsp3) is 0.400. The smallest absolute Gasteiger partial charge is 0.407 e. The first-order valence-electron chi connectivity index (χ1n) is 11.1. The van der Waals surface area contributed by atoms with Crippen molar-refractivity contribution in [1.82, 2.24) is 10.6 Å². The molecule has 3 N–H and O–H groups in total. The lowest BCUT2D eigenvalue weighted by atomic mass is 9.98. The summed E-state index contributed by atoms with van der Waals surface area (Å²) in [4.78, 5) is 36.4. The molecule has 1 aliphatic carbocycles. The molecule has 0 bridgehead atoms. The summed E-state index contributed by atoms with van der Waals surface area (Å²) >= 11 is 0. The number of carbonyl (C=O) groups excluding carboxylic acids is 2. The summed E-state index contributed by atoms with van der Waals surface area (Å²) in [6, 6.07) is 14.3. The van der Waals surface area contributed by atoms with Crippen molar-refractivity contribution >= 4 is 18.0 Å². The molecule has 0 saturated heterocycles. The predicted octanol–water partition coefficient (Wildman–Crippen LogP) is 4.06. The number of hydrogen-bond acceptors (Lipinski definition) is 4. The Bertz CT molecular complexity index is 929. The standard InChI is InChI=1S/C25H30N2O5/c1-3-5-14-22(23(28)26-21(4-2)24(29)30)27-25(31)32-15-20-18-12-8-6-10-16(18)17-11-7-9-13-19(17)20/h6-13,20-22H,3-5,14-15H2,1-2H3,(H,26,28)(H,27,31)(H,29,30)/t21-,22?/m0/s1. The van der Waals surface area contributed by atoms with Crippen LogP contribution in [-0.4, -0.2) is 41.8 Å². The number of alkyl carbamates (subject to hydrolysis) is 1. The molecule has 0 aromatic heterocycles. The highest BCUT2D eigenvalue weighted by Gasteiger charge is 2.30. The zero-order valence-corrected chi connectivity index (χ0v) is 18.5. The van der Waals surface area contributed by atoms with E-state index >= 15 is 0 Å². The monoisotopic (exact) mass is 438 g/mol. The van der Waals surface area contributed by atoms with Crippen LogP contribution >= 0.6 is 0 Å². The molecule has 2 amide bonds. The highest BCUT2D eigenvalue weighted by Crippen LogP contribution is 2.44. The van der Waals surface area contributed by atoms with Gasteiger partial charge in [0.2, 0.25) is 5.91 Å². The molecule has 7 nitrogen and oxygen atoms in total. The summed E-state index contributed by atoms with van der Waals surface area (Å²) in [5, 5.41) is 14.3. The van der Waals surface area contributed by atoms with Crippen molar-refractivity contribution in [2.75, 3.05) is 6.61 Å². The largest absolute Gasteiger partial charge is 0.480 e. The maximum Gasteiger partial charge on any atom is 0.407 e. The van der Waals surface area contributed by atoms with Gasteiger partial charge in [0, 0.05) is 5.92 Å². The molecule has 1 aliphatic rings. The third-order valence-corrected chi connectivity index (χ3v) is 5.82. The van der Waals surface area contributed by atoms with E-state index in [0.717, 1.165) is 28.7 Å². The Morgan fingerprint density at radius 2 is 1.53 bits per heavy atom. The minimum absolute atomic E-state index is 0.0763. The number of amides is 2. The van der Waals surface area contributed by atoms with Gasteiger partial charge in [0.25, 0.3) is 0 Å². The van der Waals surface area contributed by atoms with Gasteiger partial charge in [0.1, 0.15) is 18.7 Å². The molecule has 0 heterocycles. The quantitative estimate of drug-likeness (QED) is 0.519. The Balaban J connectivity index is 1.65. The topological polar surface area (TPSA) is 105 Å². The molecule has 0 spiro atoms. The lowest BCUT2D eigenvalue weighted by Gasteiger charge is -2.21. The number of carboxylic acids is 1. The van der Waals surface area contributed by atoms with E-state index in [1.807, 2.05) is 43.3 Å². The minimum atomic E-state index is -1.10. The summed E-state index contributed by atoms with van der Waals surface area (Å²) in [6.45, 7) is 3.81. The third-order valence-electron chi connectivity index (χ3n) is 5.82. The molecule has 0 saturated carbocycles. The van der Waals surface area contributed by atoms with Gasteiger partial charge in [-0.1, -0.05) is 75.2 Å². The maximum atomic E-state index is 12.6. The average Bonchev–Trinajstić information content (AvgIpc) is 3.12. The molecular weight excluding hydrogens is 408 g/mol. The van der Waals surface area contributed by atoms with Crippen LogP contribution in [0.5, 0.6) is 0 Å². The van der Waals surface area contributed by atoms with E-state index in [0.29, 0.717) is 12.8 Å². The Morgan fingerprint density at radius 3 is 2.06 bits per heavy atom. The number of hydrogen-bond donors (Lipinski definition) is 3. The second-order valence-electron chi connectivity index (χ2n) is 7.97. The molecule has 2 aromatic rings. The summed E-state index contributed by atoms with van der Waals surface area (Å²) in [7, 11) is 0. The van der Waals surface area contributed by atoms with Crippen LogP contribution in [0, 0.1) is 0 Å². The number of nitrogens with one attached hydrogen (secondary N) is 2. The number of carboxylic acid groups (broad SMARTS) is 1. The number of ether oxygens (including phenoxy) is 1. The Kier molecular flexibility index (Phi) is 7.87. The average molecular weight is 439 g/mol. The van der Waals surface area contributed by atoms with Crippen LogP contribution in [0.25, 0.3) is 11.1 Å². The lowest BCUT2D eigenvalue weighted by molar-refractivity contribution is -0.142. The fourth-order valence-corrected chi connectivity index (χ4v) is 4.07. The SMILES string of the molecule is CCCCC(NC(=O)OCC1c2ccccc2-c2ccccc21)C(=O)N[C@@H](CC)C(=O)O. The molecule has 0 fully saturated rings. The van der Waals surface area contributed by atoms with Crippen molar-refractivity contribution in [3.8, 4) is 11.1 Å². The molecule has 2 atom stereocenters. The predicted molar refractivity (Wildman–Crippen MR) is 121 cm³/mol. The van der Waals surface area contributed by atoms with Gasteiger partial charge in [-0.2, -0.15) is 0 Å². The number of carbonyl (C=O) groups is 3. The van der Waals surface area contributed by atoms with Gasteiger partial charge < -0.3 is 20.5 Å². The van der Waals surface area contributed by atoms with E-state index in [1.165, 1.54) is 0 Å². The van der Waals surface area contributed by atoms with E-state index in [4.69, 9.17) is 4.74 Å². The second-order valence-corrected chi connectivity index (χ2v) is 7.97. The number of rotatable bonds is 10. The van der Waals surface area contributed by atoms with Gasteiger partial charge in [-0.25, -0.2) is 9.59 Å². The van der Waals surface area contributed by atoms with Crippen LogP contribution in [0.4, 0.5) is 4.79 Å². The van der Waals surface area contributed by atoms with Crippen molar-refractivity contribution in [3.63, 3.8) is 0 Å². The van der Waals surface area contributed by atoms with Gasteiger partial charge in [-0.15, -0.1) is 0 Å². The maximum absolute atomic E-state index is 12.6. The molecule has 1 unspecified atom stereocenters. The van der Waals surface area contributed by atoms with E-state index in [9.17, 15) is 19.5 Å². The van der Waals surface area contributed by atoms with Crippen molar-refractivity contribution < 1.29 is 24.2 Å². The van der Waals surface area contributed by atoms with E-state index in [2.05, 4.69) is 22.8 Å². The summed E-state index contributed by atoms with van der Waals surface area (Å²) in [5.74, 6) is -1.69. The van der Waals surface area contributed by atoms with Crippen molar-refractivity contribution in [2.45, 2.75) is 57.5 Å². The molecule has 3 rings (SSSR count). The van der Waals surface area contributed by atoms with E-state index < -0.39 is 30.1 Å².